The van der Waals surface area contributed by atoms with E-state index in [4.69, 9.17) is 5.73 Å². The molecule has 2 atom stereocenters. The summed E-state index contributed by atoms with van der Waals surface area (Å²) in [6, 6.07) is 0.446. The highest BCUT2D eigenvalue weighted by Gasteiger charge is 2.25. The quantitative estimate of drug-likeness (QED) is 0.855. The van der Waals surface area contributed by atoms with E-state index in [1.54, 1.807) is 17.4 Å². The van der Waals surface area contributed by atoms with E-state index >= 15 is 0 Å². The van der Waals surface area contributed by atoms with Gasteiger partial charge in [0, 0.05) is 41.2 Å². The summed E-state index contributed by atoms with van der Waals surface area (Å²) in [5.74, 6) is 0.0695. The molecule has 1 saturated heterocycles. The number of amides is 1. The van der Waals surface area contributed by atoms with Gasteiger partial charge in [-0.15, -0.1) is 11.3 Å². The summed E-state index contributed by atoms with van der Waals surface area (Å²) >= 11 is 1.64. The van der Waals surface area contributed by atoms with Crippen LogP contribution in [0.1, 0.15) is 50.4 Å². The van der Waals surface area contributed by atoms with E-state index in [1.807, 2.05) is 17.2 Å². The van der Waals surface area contributed by atoms with Gasteiger partial charge in [-0.25, -0.2) is 4.98 Å². The van der Waals surface area contributed by atoms with E-state index in [2.05, 4.69) is 32.7 Å². The van der Waals surface area contributed by atoms with Crippen LogP contribution in [0.3, 0.4) is 0 Å². The maximum Gasteiger partial charge on any atom is 0.246 e. The molecular formula is C16H25N3OS. The van der Waals surface area contributed by atoms with E-state index < -0.39 is 0 Å². The third-order valence-corrected chi connectivity index (χ3v) is 5.14. The summed E-state index contributed by atoms with van der Waals surface area (Å²) in [5.41, 5.74) is 5.99. The van der Waals surface area contributed by atoms with Gasteiger partial charge in [-0.05, 0) is 25.8 Å². The zero-order valence-corrected chi connectivity index (χ0v) is 14.1. The molecule has 0 spiro atoms. The first-order valence-corrected chi connectivity index (χ1v) is 8.29. The van der Waals surface area contributed by atoms with Gasteiger partial charge in [0.2, 0.25) is 5.91 Å². The lowest BCUT2D eigenvalue weighted by molar-refractivity contribution is -0.129. The van der Waals surface area contributed by atoms with Crippen LogP contribution in [0.4, 0.5) is 0 Å². The molecule has 2 heterocycles. The van der Waals surface area contributed by atoms with Crippen LogP contribution in [0.15, 0.2) is 12.3 Å². The number of hydrogen-bond acceptors (Lipinski definition) is 4. The number of thiazole rings is 1. The Morgan fingerprint density at radius 1 is 1.52 bits per heavy atom. The summed E-state index contributed by atoms with van der Waals surface area (Å²) in [7, 11) is 0. The molecular weight excluding hydrogens is 282 g/mol. The molecule has 5 heteroatoms. The number of carbonyl (C=O) groups excluding carboxylic acids is 1. The van der Waals surface area contributed by atoms with Crippen LogP contribution in [0, 0.1) is 0 Å². The molecule has 2 N–H and O–H groups in total. The van der Waals surface area contributed by atoms with Gasteiger partial charge in [0.15, 0.2) is 0 Å². The van der Waals surface area contributed by atoms with Gasteiger partial charge in [-0.2, -0.15) is 0 Å². The highest BCUT2D eigenvalue weighted by atomic mass is 32.1. The fourth-order valence-electron chi connectivity index (χ4n) is 2.50. The molecule has 21 heavy (non-hydrogen) atoms. The number of piperidine rings is 1. The molecule has 4 nitrogen and oxygen atoms in total. The van der Waals surface area contributed by atoms with Crippen LogP contribution in [0.5, 0.6) is 0 Å². The van der Waals surface area contributed by atoms with E-state index in [-0.39, 0.29) is 23.4 Å². The predicted molar refractivity (Wildman–Crippen MR) is 88.2 cm³/mol. The highest BCUT2D eigenvalue weighted by molar-refractivity contribution is 7.12. The average Bonchev–Trinajstić information content (AvgIpc) is 2.84. The van der Waals surface area contributed by atoms with Gasteiger partial charge in [0.25, 0.3) is 0 Å². The molecule has 0 aromatic carbocycles. The van der Waals surface area contributed by atoms with E-state index in [0.717, 1.165) is 29.3 Å². The average molecular weight is 307 g/mol. The molecule has 0 bridgehead atoms. The lowest BCUT2D eigenvalue weighted by Gasteiger charge is -2.35. The molecule has 116 valence electrons. The molecule has 1 aliphatic heterocycles. The molecule has 1 aromatic heterocycles. The molecule has 1 fully saturated rings. The summed E-state index contributed by atoms with van der Waals surface area (Å²) < 4.78 is 0. The zero-order valence-electron chi connectivity index (χ0n) is 13.3. The van der Waals surface area contributed by atoms with Crippen molar-refractivity contribution in [1.82, 2.24) is 9.88 Å². The Kier molecular flexibility index (Phi) is 4.84. The van der Waals surface area contributed by atoms with Crippen molar-refractivity contribution in [1.29, 1.82) is 0 Å². The third-order valence-electron chi connectivity index (χ3n) is 3.76. The number of nitrogens with zero attached hydrogens (tertiary/aromatic N) is 2. The van der Waals surface area contributed by atoms with Gasteiger partial charge in [-0.1, -0.05) is 20.8 Å². The topological polar surface area (TPSA) is 59.2 Å². The van der Waals surface area contributed by atoms with Crippen molar-refractivity contribution in [2.45, 2.75) is 58.0 Å². The Morgan fingerprint density at radius 2 is 2.24 bits per heavy atom. The van der Waals surface area contributed by atoms with E-state index in [9.17, 15) is 4.79 Å². The van der Waals surface area contributed by atoms with Crippen LogP contribution in [-0.4, -0.2) is 34.4 Å². The van der Waals surface area contributed by atoms with Crippen LogP contribution < -0.4 is 5.73 Å². The fraction of sp³-hybridized carbons (Fsp3) is 0.625. The first-order valence-electron chi connectivity index (χ1n) is 7.48. The number of aromatic nitrogens is 1. The van der Waals surface area contributed by atoms with Crippen LogP contribution in [0.25, 0.3) is 6.08 Å². The van der Waals surface area contributed by atoms with E-state index in [0.29, 0.717) is 0 Å². The fourth-order valence-corrected chi connectivity index (χ4v) is 3.37. The normalized spacial score (nSPS) is 23.8. The van der Waals surface area contributed by atoms with Gasteiger partial charge in [-0.3, -0.25) is 4.79 Å². The number of rotatable bonds is 2. The zero-order chi connectivity index (χ0) is 15.6. The van der Waals surface area contributed by atoms with Crippen LogP contribution in [-0.2, 0) is 10.2 Å². The maximum atomic E-state index is 12.3. The molecule has 1 aliphatic rings. The maximum absolute atomic E-state index is 12.3. The minimum Gasteiger partial charge on any atom is -0.336 e. The predicted octanol–water partition coefficient (Wildman–Crippen LogP) is 2.79. The highest BCUT2D eigenvalue weighted by Crippen LogP contribution is 2.27. The SMILES string of the molecule is CC1CC(N)CCN1C(=O)C=Cc1cnc(C(C)(C)C)s1. The Balaban J connectivity index is 2.00. The molecule has 0 saturated carbocycles. The Morgan fingerprint density at radius 3 is 2.81 bits per heavy atom. The van der Waals surface area contributed by atoms with Crippen molar-refractivity contribution in [2.24, 2.45) is 5.73 Å². The van der Waals surface area contributed by atoms with E-state index in [1.165, 1.54) is 0 Å². The smallest absolute Gasteiger partial charge is 0.246 e. The number of likely N-dealkylation sites (tertiary alicyclic amines) is 1. The lowest BCUT2D eigenvalue weighted by Crippen LogP contribution is -2.47. The van der Waals surface area contributed by atoms with Crippen LogP contribution in [0.2, 0.25) is 0 Å². The van der Waals surface area contributed by atoms with Crippen molar-refractivity contribution < 1.29 is 4.79 Å². The summed E-state index contributed by atoms with van der Waals surface area (Å²) in [6.07, 6.45) is 7.14. The van der Waals surface area contributed by atoms with Crippen molar-refractivity contribution in [2.75, 3.05) is 6.54 Å². The van der Waals surface area contributed by atoms with Gasteiger partial charge < -0.3 is 10.6 Å². The molecule has 1 aromatic rings. The monoisotopic (exact) mass is 307 g/mol. The third kappa shape index (κ3) is 4.14. The number of hydrogen-bond donors (Lipinski definition) is 1. The first kappa shape index (κ1) is 16.2. The second kappa shape index (κ2) is 6.28. The van der Waals surface area contributed by atoms with Gasteiger partial charge in [0.1, 0.15) is 0 Å². The van der Waals surface area contributed by atoms with Crippen molar-refractivity contribution in [3.63, 3.8) is 0 Å². The first-order chi connectivity index (χ1) is 9.77. The Hall–Kier alpha value is -1.20. The molecule has 0 radical (unpaired) electrons. The van der Waals surface area contributed by atoms with Crippen molar-refractivity contribution in [3.05, 3.63) is 22.2 Å². The standard InChI is InChI=1S/C16H25N3OS/c1-11-9-12(17)7-8-19(11)14(20)6-5-13-10-18-15(21-13)16(2,3)4/h5-6,10-12H,7-9,17H2,1-4H3. The molecule has 0 aliphatic carbocycles. The van der Waals surface area contributed by atoms with Crippen LogP contribution >= 0.6 is 11.3 Å². The number of carbonyl (C=O) groups is 1. The summed E-state index contributed by atoms with van der Waals surface area (Å²) in [4.78, 5) is 19.6. The van der Waals surface area contributed by atoms with Gasteiger partial charge >= 0.3 is 0 Å². The Labute approximate surface area is 131 Å². The summed E-state index contributed by atoms with van der Waals surface area (Å²) in [5, 5.41) is 1.09. The largest absolute Gasteiger partial charge is 0.336 e. The number of nitrogens with two attached hydrogens (primary N) is 1. The Bertz CT molecular complexity index is 530. The second-order valence-electron chi connectivity index (χ2n) is 6.82. The summed E-state index contributed by atoms with van der Waals surface area (Å²) in [6.45, 7) is 9.24. The molecule has 1 amide bonds. The lowest BCUT2D eigenvalue weighted by atomic mass is 9.98. The van der Waals surface area contributed by atoms with Crippen molar-refractivity contribution >= 4 is 23.3 Å². The van der Waals surface area contributed by atoms with Crippen molar-refractivity contribution in [3.8, 4) is 0 Å². The van der Waals surface area contributed by atoms with Gasteiger partial charge in [0.05, 0.1) is 5.01 Å². The molecule has 2 rings (SSSR count). The minimum absolute atomic E-state index is 0.0539. The second-order valence-corrected chi connectivity index (χ2v) is 7.88. The minimum atomic E-state index is 0.0539. The molecule has 2 unspecified atom stereocenters.